The van der Waals surface area contributed by atoms with E-state index < -0.39 is 0 Å². The summed E-state index contributed by atoms with van der Waals surface area (Å²) in [5.41, 5.74) is 5.19. The first-order valence-corrected chi connectivity index (χ1v) is 7.54. The Morgan fingerprint density at radius 2 is 1.78 bits per heavy atom. The van der Waals surface area contributed by atoms with Crippen molar-refractivity contribution in [2.45, 2.75) is 25.6 Å². The molecule has 18 heavy (non-hydrogen) atoms. The lowest BCUT2D eigenvalue weighted by atomic mass is 10.0. The average Bonchev–Trinajstić information content (AvgIpc) is 2.34. The van der Waals surface area contributed by atoms with Gasteiger partial charge in [0.05, 0.1) is 5.38 Å². The molecule has 0 amide bonds. The first-order valence-electron chi connectivity index (χ1n) is 6.02. The number of hydrogen-bond donors (Lipinski definition) is 0. The highest BCUT2D eigenvalue weighted by molar-refractivity contribution is 14.1. The Hall–Kier alpha value is -0.540. The minimum Gasteiger partial charge on any atom is -0.117 e. The van der Waals surface area contributed by atoms with Crippen molar-refractivity contribution in [1.82, 2.24) is 0 Å². The van der Waals surface area contributed by atoms with Crippen molar-refractivity contribution in [1.29, 1.82) is 0 Å². The molecule has 0 saturated heterocycles. The molecule has 1 unspecified atom stereocenters. The van der Waals surface area contributed by atoms with Crippen molar-refractivity contribution in [2.24, 2.45) is 0 Å². The van der Waals surface area contributed by atoms with Gasteiger partial charge in [-0.25, -0.2) is 0 Å². The molecule has 2 rings (SSSR count). The lowest BCUT2D eigenvalue weighted by Gasteiger charge is -2.13. The van der Waals surface area contributed by atoms with Crippen LogP contribution in [0.4, 0.5) is 0 Å². The van der Waals surface area contributed by atoms with E-state index >= 15 is 0 Å². The van der Waals surface area contributed by atoms with Gasteiger partial charge in [-0.05, 0) is 71.2 Å². The quantitative estimate of drug-likeness (QED) is 0.499. The molecule has 94 valence electrons. The summed E-state index contributed by atoms with van der Waals surface area (Å²) in [5, 5.41) is 0.0419. The number of halogens is 2. The van der Waals surface area contributed by atoms with Gasteiger partial charge in [0.2, 0.25) is 0 Å². The molecular formula is C16H16ClI. The van der Waals surface area contributed by atoms with Crippen LogP contribution in [0.2, 0.25) is 0 Å². The summed E-state index contributed by atoms with van der Waals surface area (Å²) in [4.78, 5) is 0. The second-order valence-electron chi connectivity index (χ2n) is 4.61. The summed E-state index contributed by atoms with van der Waals surface area (Å²) in [6.07, 6.45) is 0.878. The zero-order chi connectivity index (χ0) is 13.1. The van der Waals surface area contributed by atoms with Crippen LogP contribution < -0.4 is 0 Å². The molecule has 0 aliphatic carbocycles. The van der Waals surface area contributed by atoms with Gasteiger partial charge in [0.25, 0.3) is 0 Å². The Kier molecular flexibility index (Phi) is 4.68. The van der Waals surface area contributed by atoms with Crippen molar-refractivity contribution in [3.8, 4) is 0 Å². The van der Waals surface area contributed by atoms with E-state index in [1.54, 1.807) is 0 Å². The fourth-order valence-corrected chi connectivity index (χ4v) is 3.29. The maximum atomic E-state index is 6.53. The molecule has 0 aliphatic heterocycles. The fourth-order valence-electron chi connectivity index (χ4n) is 1.98. The molecule has 0 aromatic heterocycles. The van der Waals surface area contributed by atoms with E-state index in [4.69, 9.17) is 11.6 Å². The summed E-state index contributed by atoms with van der Waals surface area (Å²) in [7, 11) is 0. The van der Waals surface area contributed by atoms with Crippen LogP contribution in [0, 0.1) is 17.4 Å². The van der Waals surface area contributed by atoms with Gasteiger partial charge < -0.3 is 0 Å². The first kappa shape index (κ1) is 13.9. The third-order valence-corrected chi connectivity index (χ3v) is 4.60. The Morgan fingerprint density at radius 1 is 1.06 bits per heavy atom. The molecule has 0 spiro atoms. The van der Waals surface area contributed by atoms with Crippen LogP contribution in [-0.2, 0) is 6.42 Å². The molecule has 0 radical (unpaired) electrons. The average molecular weight is 371 g/mol. The van der Waals surface area contributed by atoms with Gasteiger partial charge in [-0.3, -0.25) is 0 Å². The van der Waals surface area contributed by atoms with E-state index in [1.165, 1.54) is 25.8 Å². The lowest BCUT2D eigenvalue weighted by molar-refractivity contribution is 0.911. The number of benzene rings is 2. The second-order valence-corrected chi connectivity index (χ2v) is 6.30. The summed E-state index contributed by atoms with van der Waals surface area (Å²) < 4.78 is 1.24. The van der Waals surface area contributed by atoms with Crippen LogP contribution in [0.25, 0.3) is 0 Å². The van der Waals surface area contributed by atoms with Crippen molar-refractivity contribution < 1.29 is 0 Å². The van der Waals surface area contributed by atoms with Crippen LogP contribution in [0.3, 0.4) is 0 Å². The molecule has 2 heteroatoms. The maximum Gasteiger partial charge on any atom is 0.0635 e. The van der Waals surface area contributed by atoms with E-state index in [-0.39, 0.29) is 5.38 Å². The van der Waals surface area contributed by atoms with Crippen molar-refractivity contribution in [3.63, 3.8) is 0 Å². The third-order valence-electron chi connectivity index (χ3n) is 3.23. The smallest absolute Gasteiger partial charge is 0.0635 e. The molecule has 0 nitrogen and oxygen atoms in total. The van der Waals surface area contributed by atoms with Gasteiger partial charge >= 0.3 is 0 Å². The minimum absolute atomic E-state index is 0.0419. The van der Waals surface area contributed by atoms with Crippen LogP contribution in [0.15, 0.2) is 42.5 Å². The van der Waals surface area contributed by atoms with E-state index in [0.29, 0.717) is 0 Å². The molecule has 0 N–H and O–H groups in total. The highest BCUT2D eigenvalue weighted by atomic mass is 127. The van der Waals surface area contributed by atoms with E-state index in [9.17, 15) is 0 Å². The minimum atomic E-state index is 0.0419. The van der Waals surface area contributed by atoms with Gasteiger partial charge in [0.15, 0.2) is 0 Å². The lowest BCUT2D eigenvalue weighted by Crippen LogP contribution is -1.99. The van der Waals surface area contributed by atoms with Gasteiger partial charge in [-0.15, -0.1) is 11.6 Å². The maximum absolute atomic E-state index is 6.53. The number of aryl methyl sites for hydroxylation is 2. The second kappa shape index (κ2) is 6.07. The number of hydrogen-bond acceptors (Lipinski definition) is 0. The SMILES string of the molecule is Cc1ccc(CC(Cl)c2ccccc2I)cc1C. The molecule has 0 fully saturated rings. The Morgan fingerprint density at radius 3 is 2.44 bits per heavy atom. The standard InChI is InChI=1S/C16H16ClI/c1-11-7-8-13(9-12(11)2)10-15(17)14-5-3-4-6-16(14)18/h3-9,15H,10H2,1-2H3. The molecule has 2 aromatic carbocycles. The zero-order valence-corrected chi connectivity index (χ0v) is 13.5. The van der Waals surface area contributed by atoms with Crippen molar-refractivity contribution in [3.05, 3.63) is 68.3 Å². The fraction of sp³-hybridized carbons (Fsp3) is 0.250. The van der Waals surface area contributed by atoms with Crippen LogP contribution >= 0.6 is 34.2 Å². The number of alkyl halides is 1. The van der Waals surface area contributed by atoms with Crippen molar-refractivity contribution >= 4 is 34.2 Å². The van der Waals surface area contributed by atoms with E-state index in [2.05, 4.69) is 66.8 Å². The third kappa shape index (κ3) is 3.27. The predicted molar refractivity (Wildman–Crippen MR) is 87.4 cm³/mol. The molecule has 1 atom stereocenters. The van der Waals surface area contributed by atoms with Gasteiger partial charge in [0, 0.05) is 3.57 Å². The Balaban J connectivity index is 2.19. The zero-order valence-electron chi connectivity index (χ0n) is 10.6. The molecule has 0 bridgehead atoms. The molecule has 0 heterocycles. The van der Waals surface area contributed by atoms with Gasteiger partial charge in [-0.1, -0.05) is 36.4 Å². The summed E-state index contributed by atoms with van der Waals surface area (Å²) in [6.45, 7) is 4.28. The van der Waals surface area contributed by atoms with Crippen molar-refractivity contribution in [2.75, 3.05) is 0 Å². The normalized spacial score (nSPS) is 12.4. The van der Waals surface area contributed by atoms with Crippen LogP contribution in [-0.4, -0.2) is 0 Å². The number of rotatable bonds is 3. The van der Waals surface area contributed by atoms with E-state index in [0.717, 1.165) is 6.42 Å². The monoisotopic (exact) mass is 370 g/mol. The summed E-state index contributed by atoms with van der Waals surface area (Å²) in [6, 6.07) is 14.9. The molecular weight excluding hydrogens is 355 g/mol. The summed E-state index contributed by atoms with van der Waals surface area (Å²) in [5.74, 6) is 0. The summed E-state index contributed by atoms with van der Waals surface area (Å²) >= 11 is 8.88. The predicted octanol–water partition coefficient (Wildman–Crippen LogP) is 5.43. The topological polar surface area (TPSA) is 0 Å². The highest BCUT2D eigenvalue weighted by Gasteiger charge is 2.12. The Labute approximate surface area is 128 Å². The highest BCUT2D eigenvalue weighted by Crippen LogP contribution is 2.29. The van der Waals surface area contributed by atoms with Gasteiger partial charge in [0.1, 0.15) is 0 Å². The largest absolute Gasteiger partial charge is 0.117 e. The first-order chi connectivity index (χ1) is 8.58. The molecule has 2 aromatic rings. The molecule has 0 aliphatic rings. The van der Waals surface area contributed by atoms with Gasteiger partial charge in [-0.2, -0.15) is 0 Å². The van der Waals surface area contributed by atoms with Crippen LogP contribution in [0.5, 0.6) is 0 Å². The Bertz CT molecular complexity index is 549. The van der Waals surface area contributed by atoms with Crippen LogP contribution in [0.1, 0.15) is 27.6 Å². The molecule has 0 saturated carbocycles. The van der Waals surface area contributed by atoms with E-state index in [1.807, 2.05) is 12.1 Å².